The van der Waals surface area contributed by atoms with Crippen molar-refractivity contribution >= 4 is 0 Å². The molecule has 0 spiro atoms. The molecule has 1 rings (SSSR count). The topological polar surface area (TPSA) is 58.7 Å². The number of nitrogens with two attached hydrogens (primary N) is 1. The average molecular weight is 244 g/mol. The van der Waals surface area contributed by atoms with Crippen LogP contribution >= 0.6 is 0 Å². The first-order chi connectivity index (χ1) is 7.91. The van der Waals surface area contributed by atoms with E-state index in [4.69, 9.17) is 10.5 Å². The molecule has 4 heteroatoms. The van der Waals surface area contributed by atoms with Gasteiger partial charge in [0.1, 0.15) is 0 Å². The number of hydrogen-bond donors (Lipinski definition) is 2. The van der Waals surface area contributed by atoms with Crippen LogP contribution in [-0.2, 0) is 4.74 Å². The first kappa shape index (κ1) is 14.9. The minimum Gasteiger partial charge on any atom is -0.394 e. The van der Waals surface area contributed by atoms with E-state index in [1.54, 1.807) is 0 Å². The zero-order valence-corrected chi connectivity index (χ0v) is 11.5. The van der Waals surface area contributed by atoms with E-state index in [1.807, 2.05) is 6.92 Å². The van der Waals surface area contributed by atoms with Crippen LogP contribution in [0.3, 0.4) is 0 Å². The van der Waals surface area contributed by atoms with Crippen molar-refractivity contribution in [2.24, 2.45) is 5.73 Å². The minimum absolute atomic E-state index is 0.0280. The van der Waals surface area contributed by atoms with E-state index in [-0.39, 0.29) is 17.7 Å². The number of hydrogen-bond acceptors (Lipinski definition) is 4. The standard InChI is InChI=1S/C13H28N2O2/c1-4-13(14,11-16)6-5-7-15-8-9-17-12(2,3)10-15/h16H,4-11,14H2,1-3H3. The van der Waals surface area contributed by atoms with Crippen molar-refractivity contribution in [2.45, 2.75) is 51.2 Å². The minimum atomic E-state index is -0.387. The Hall–Kier alpha value is -0.160. The molecular formula is C13H28N2O2. The molecule has 3 N–H and O–H groups in total. The molecule has 1 unspecified atom stereocenters. The lowest BCUT2D eigenvalue weighted by molar-refractivity contribution is -0.0864. The van der Waals surface area contributed by atoms with Gasteiger partial charge in [0.2, 0.25) is 0 Å². The molecule has 17 heavy (non-hydrogen) atoms. The van der Waals surface area contributed by atoms with Crippen LogP contribution in [0.2, 0.25) is 0 Å². The third-order valence-electron chi connectivity index (χ3n) is 3.67. The summed E-state index contributed by atoms with van der Waals surface area (Å²) < 4.78 is 5.68. The summed E-state index contributed by atoms with van der Waals surface area (Å²) in [5.74, 6) is 0. The molecule has 1 atom stereocenters. The summed E-state index contributed by atoms with van der Waals surface area (Å²) in [5.41, 5.74) is 5.66. The Labute approximate surface area is 105 Å². The van der Waals surface area contributed by atoms with Gasteiger partial charge in [-0.25, -0.2) is 0 Å². The van der Waals surface area contributed by atoms with Crippen molar-refractivity contribution in [1.82, 2.24) is 4.90 Å². The lowest BCUT2D eigenvalue weighted by Crippen LogP contribution is -2.49. The van der Waals surface area contributed by atoms with Gasteiger partial charge < -0.3 is 15.6 Å². The van der Waals surface area contributed by atoms with Gasteiger partial charge in [0.25, 0.3) is 0 Å². The van der Waals surface area contributed by atoms with Gasteiger partial charge in [0.05, 0.1) is 18.8 Å². The second kappa shape index (κ2) is 6.14. The van der Waals surface area contributed by atoms with Crippen molar-refractivity contribution in [3.8, 4) is 0 Å². The summed E-state index contributed by atoms with van der Waals surface area (Å²) in [6, 6.07) is 0. The Morgan fingerprint density at radius 1 is 1.47 bits per heavy atom. The Balaban J connectivity index is 2.27. The molecule has 0 aromatic rings. The van der Waals surface area contributed by atoms with Crippen LogP contribution in [0.1, 0.15) is 40.0 Å². The van der Waals surface area contributed by atoms with Crippen molar-refractivity contribution in [3.05, 3.63) is 0 Å². The van der Waals surface area contributed by atoms with E-state index in [1.165, 1.54) is 0 Å². The largest absolute Gasteiger partial charge is 0.394 e. The van der Waals surface area contributed by atoms with Gasteiger partial charge in [-0.15, -0.1) is 0 Å². The van der Waals surface area contributed by atoms with Crippen LogP contribution in [0.5, 0.6) is 0 Å². The van der Waals surface area contributed by atoms with Gasteiger partial charge in [-0.3, -0.25) is 4.90 Å². The normalized spacial score (nSPS) is 24.5. The number of nitrogens with zero attached hydrogens (tertiary/aromatic N) is 1. The summed E-state index contributed by atoms with van der Waals surface area (Å²) in [5, 5.41) is 9.25. The van der Waals surface area contributed by atoms with Crippen LogP contribution in [0, 0.1) is 0 Å². The van der Waals surface area contributed by atoms with E-state index in [2.05, 4.69) is 18.7 Å². The highest BCUT2D eigenvalue weighted by Gasteiger charge is 2.27. The first-order valence-corrected chi connectivity index (χ1v) is 6.67. The highest BCUT2D eigenvalue weighted by molar-refractivity contribution is 4.83. The molecule has 1 heterocycles. The lowest BCUT2D eigenvalue weighted by atomic mass is 9.92. The Bertz CT molecular complexity index is 227. The second-order valence-electron chi connectivity index (χ2n) is 5.86. The Morgan fingerprint density at radius 2 is 2.18 bits per heavy atom. The van der Waals surface area contributed by atoms with Gasteiger partial charge >= 0.3 is 0 Å². The van der Waals surface area contributed by atoms with Gasteiger partial charge in [-0.2, -0.15) is 0 Å². The van der Waals surface area contributed by atoms with E-state index in [0.717, 1.165) is 45.5 Å². The fraction of sp³-hybridized carbons (Fsp3) is 1.00. The molecule has 0 radical (unpaired) electrons. The van der Waals surface area contributed by atoms with Gasteiger partial charge in [0.15, 0.2) is 0 Å². The Morgan fingerprint density at radius 3 is 2.71 bits per heavy atom. The molecule has 0 saturated carbocycles. The fourth-order valence-corrected chi connectivity index (χ4v) is 2.33. The number of aliphatic hydroxyl groups excluding tert-OH is 1. The average Bonchev–Trinajstić information content (AvgIpc) is 2.27. The van der Waals surface area contributed by atoms with E-state index < -0.39 is 0 Å². The van der Waals surface area contributed by atoms with Crippen LogP contribution in [0.25, 0.3) is 0 Å². The number of ether oxygens (including phenoxy) is 1. The SMILES string of the molecule is CCC(N)(CO)CCCN1CCOC(C)(C)C1. The molecule has 0 aliphatic carbocycles. The van der Waals surface area contributed by atoms with Gasteiger partial charge in [-0.1, -0.05) is 6.92 Å². The molecule has 0 aromatic carbocycles. The molecule has 1 fully saturated rings. The third kappa shape index (κ3) is 4.92. The number of rotatable bonds is 6. The monoisotopic (exact) mass is 244 g/mol. The van der Waals surface area contributed by atoms with Gasteiger partial charge in [-0.05, 0) is 39.7 Å². The summed E-state index contributed by atoms with van der Waals surface area (Å²) >= 11 is 0. The van der Waals surface area contributed by atoms with E-state index in [0.29, 0.717) is 0 Å². The molecule has 1 aliphatic heterocycles. The van der Waals surface area contributed by atoms with Crippen LogP contribution in [-0.4, -0.2) is 54.0 Å². The molecule has 0 aromatic heterocycles. The number of morpholine rings is 1. The predicted octanol–water partition coefficient (Wildman–Crippen LogP) is 0.977. The maximum Gasteiger partial charge on any atom is 0.0753 e. The quantitative estimate of drug-likeness (QED) is 0.731. The molecule has 0 bridgehead atoms. The first-order valence-electron chi connectivity index (χ1n) is 6.67. The second-order valence-corrected chi connectivity index (χ2v) is 5.86. The van der Waals surface area contributed by atoms with Gasteiger partial charge in [0, 0.05) is 18.6 Å². The third-order valence-corrected chi connectivity index (χ3v) is 3.67. The zero-order chi connectivity index (χ0) is 12.9. The summed E-state index contributed by atoms with van der Waals surface area (Å²) in [6.45, 7) is 10.2. The van der Waals surface area contributed by atoms with Crippen molar-refractivity contribution in [3.63, 3.8) is 0 Å². The maximum atomic E-state index is 9.25. The van der Waals surface area contributed by atoms with Crippen LogP contribution in [0.4, 0.5) is 0 Å². The highest BCUT2D eigenvalue weighted by atomic mass is 16.5. The lowest BCUT2D eigenvalue weighted by Gasteiger charge is -2.38. The molecular weight excluding hydrogens is 216 g/mol. The summed E-state index contributed by atoms with van der Waals surface area (Å²) in [6.07, 6.45) is 2.76. The van der Waals surface area contributed by atoms with E-state index in [9.17, 15) is 5.11 Å². The maximum absolute atomic E-state index is 9.25. The molecule has 1 saturated heterocycles. The molecule has 1 aliphatic rings. The molecule has 4 nitrogen and oxygen atoms in total. The van der Waals surface area contributed by atoms with E-state index >= 15 is 0 Å². The van der Waals surface area contributed by atoms with Crippen LogP contribution < -0.4 is 5.73 Å². The Kier molecular flexibility index (Phi) is 5.38. The number of aliphatic hydroxyl groups is 1. The predicted molar refractivity (Wildman–Crippen MR) is 70.0 cm³/mol. The fourth-order valence-electron chi connectivity index (χ4n) is 2.33. The van der Waals surface area contributed by atoms with Crippen LogP contribution in [0.15, 0.2) is 0 Å². The summed E-state index contributed by atoms with van der Waals surface area (Å²) in [7, 11) is 0. The van der Waals surface area contributed by atoms with Crippen molar-refractivity contribution < 1.29 is 9.84 Å². The van der Waals surface area contributed by atoms with Crippen molar-refractivity contribution in [1.29, 1.82) is 0 Å². The molecule has 0 amide bonds. The molecule has 102 valence electrons. The summed E-state index contributed by atoms with van der Waals surface area (Å²) in [4.78, 5) is 2.43. The van der Waals surface area contributed by atoms with Crippen molar-refractivity contribution in [2.75, 3.05) is 32.8 Å². The smallest absolute Gasteiger partial charge is 0.0753 e. The highest BCUT2D eigenvalue weighted by Crippen LogP contribution is 2.18. The zero-order valence-electron chi connectivity index (χ0n) is 11.5.